The summed E-state index contributed by atoms with van der Waals surface area (Å²) in [6.45, 7) is 1.87. The van der Waals surface area contributed by atoms with Crippen LogP contribution in [0.15, 0.2) is 77.2 Å². The van der Waals surface area contributed by atoms with E-state index >= 15 is 4.39 Å². The zero-order chi connectivity index (χ0) is 31.0. The zero-order valence-electron chi connectivity index (χ0n) is 22.9. The fourth-order valence-corrected chi connectivity index (χ4v) is 5.11. The van der Waals surface area contributed by atoms with E-state index in [1.807, 2.05) is 24.3 Å². The monoisotopic (exact) mass is 607 g/mol. The number of carbonyl (C=O) groups excluding carboxylic acids is 1. The van der Waals surface area contributed by atoms with Crippen molar-refractivity contribution in [3.63, 3.8) is 0 Å². The van der Waals surface area contributed by atoms with E-state index < -0.39 is 29.3 Å². The molecule has 1 saturated heterocycles. The van der Waals surface area contributed by atoms with Crippen molar-refractivity contribution in [3.8, 4) is 28.3 Å². The maximum Gasteiger partial charge on any atom is 0.435 e. The van der Waals surface area contributed by atoms with Crippen LogP contribution >= 0.6 is 0 Å². The summed E-state index contributed by atoms with van der Waals surface area (Å²) >= 11 is 0. The number of aliphatic hydroxyl groups excluding tert-OH is 1. The Kier molecular flexibility index (Phi) is 7.61. The van der Waals surface area contributed by atoms with E-state index in [4.69, 9.17) is 10.2 Å². The SMILES string of the molecule is Nc1nnc(-c2cccc(-n3nc(C(F)(F)F)cc3C(=O)Nc3ccc(-c4ccccc4CN4CC[C@@H](O)C4)cc3F)c2)o1. The van der Waals surface area contributed by atoms with Crippen LogP contribution in [0.5, 0.6) is 0 Å². The molecule has 226 valence electrons. The molecule has 0 unspecified atom stereocenters. The van der Waals surface area contributed by atoms with Gasteiger partial charge in [-0.1, -0.05) is 41.5 Å². The molecule has 5 aromatic rings. The number of hydrogen-bond acceptors (Lipinski definition) is 8. The molecule has 4 N–H and O–H groups in total. The van der Waals surface area contributed by atoms with Crippen molar-refractivity contribution < 1.29 is 31.9 Å². The number of β-amino-alcohol motifs (C(OH)–C–C–N with tert-alkyl or cyclic N) is 1. The van der Waals surface area contributed by atoms with Crippen LogP contribution < -0.4 is 11.1 Å². The van der Waals surface area contributed by atoms with Crippen molar-refractivity contribution in [3.05, 3.63) is 95.6 Å². The van der Waals surface area contributed by atoms with Gasteiger partial charge >= 0.3 is 12.2 Å². The summed E-state index contributed by atoms with van der Waals surface area (Å²) in [5.74, 6) is -1.78. The number of nitrogens with one attached hydrogen (secondary N) is 1. The Balaban J connectivity index is 1.28. The van der Waals surface area contributed by atoms with Gasteiger partial charge in [-0.3, -0.25) is 9.69 Å². The fraction of sp³-hybridized carbons (Fsp3) is 0.200. The number of nitrogen functional groups attached to an aromatic ring is 1. The smallest absolute Gasteiger partial charge is 0.404 e. The molecule has 3 aromatic carbocycles. The summed E-state index contributed by atoms with van der Waals surface area (Å²) in [6.07, 6.45) is -4.54. The Morgan fingerprint density at radius 2 is 1.86 bits per heavy atom. The van der Waals surface area contributed by atoms with Crippen LogP contribution in [-0.4, -0.2) is 55.1 Å². The molecule has 1 atom stereocenters. The van der Waals surface area contributed by atoms with Crippen molar-refractivity contribution in [1.82, 2.24) is 24.9 Å². The lowest BCUT2D eigenvalue weighted by Crippen LogP contribution is -2.21. The fourth-order valence-electron chi connectivity index (χ4n) is 5.11. The molecule has 1 amide bonds. The molecule has 44 heavy (non-hydrogen) atoms. The van der Waals surface area contributed by atoms with Crippen LogP contribution in [-0.2, 0) is 12.7 Å². The Bertz CT molecular complexity index is 1840. The van der Waals surface area contributed by atoms with Gasteiger partial charge in [0, 0.05) is 31.3 Å². The van der Waals surface area contributed by atoms with Gasteiger partial charge in [0.15, 0.2) is 5.69 Å². The molecule has 0 bridgehead atoms. The first kappa shape index (κ1) is 29.0. The second-order valence-electron chi connectivity index (χ2n) is 10.3. The number of carbonyl (C=O) groups is 1. The molecule has 10 nitrogen and oxygen atoms in total. The molecule has 3 heterocycles. The quantitative estimate of drug-likeness (QED) is 0.216. The number of aromatic nitrogens is 4. The number of amides is 1. The Hall–Kier alpha value is -5.08. The summed E-state index contributed by atoms with van der Waals surface area (Å²) in [4.78, 5) is 15.4. The molecule has 2 aromatic heterocycles. The standard InChI is InChI=1S/C30H25F4N7O3/c31-23-13-17(22-7-2-1-4-19(22)15-40-11-10-21(42)16-40)8-9-24(23)36-27(43)25-14-26(30(32,33)34)39-41(25)20-6-3-5-18(12-20)28-37-38-29(35)44-28/h1-9,12-14,21,42H,10-11,15-16H2,(H2,35,38)(H,36,43)/t21-/m1/s1. The number of rotatable bonds is 7. The Labute approximate surface area is 247 Å². The number of benzene rings is 3. The minimum absolute atomic E-state index is 0.0142. The lowest BCUT2D eigenvalue weighted by atomic mass is 9.99. The number of hydrogen-bond donors (Lipinski definition) is 3. The second-order valence-corrected chi connectivity index (χ2v) is 10.3. The van der Waals surface area contributed by atoms with Gasteiger partial charge in [-0.2, -0.15) is 18.3 Å². The minimum atomic E-state index is -4.85. The molecule has 0 aliphatic carbocycles. The number of halogens is 4. The van der Waals surface area contributed by atoms with Crippen LogP contribution in [0.2, 0.25) is 0 Å². The summed E-state index contributed by atoms with van der Waals surface area (Å²) in [5.41, 5.74) is 6.13. The first-order valence-electron chi connectivity index (χ1n) is 13.5. The summed E-state index contributed by atoms with van der Waals surface area (Å²) < 4.78 is 62.3. The summed E-state index contributed by atoms with van der Waals surface area (Å²) in [5, 5.41) is 23.2. The third-order valence-electron chi connectivity index (χ3n) is 7.20. The maximum atomic E-state index is 15.4. The average Bonchev–Trinajstić information content (AvgIpc) is 3.74. The van der Waals surface area contributed by atoms with Gasteiger partial charge in [0.25, 0.3) is 5.91 Å². The topological polar surface area (TPSA) is 135 Å². The lowest BCUT2D eigenvalue weighted by molar-refractivity contribution is -0.141. The van der Waals surface area contributed by atoms with E-state index in [0.29, 0.717) is 36.7 Å². The summed E-state index contributed by atoms with van der Waals surface area (Å²) in [6, 6.07) is 18.0. The van der Waals surface area contributed by atoms with E-state index in [1.165, 1.54) is 30.3 Å². The number of alkyl halides is 3. The van der Waals surface area contributed by atoms with Crippen LogP contribution in [0, 0.1) is 5.82 Å². The predicted octanol–water partition coefficient (Wildman–Crippen LogP) is 5.15. The van der Waals surface area contributed by atoms with E-state index in [1.54, 1.807) is 12.1 Å². The first-order chi connectivity index (χ1) is 21.0. The van der Waals surface area contributed by atoms with Crippen molar-refractivity contribution in [2.45, 2.75) is 25.2 Å². The molecule has 0 saturated carbocycles. The van der Waals surface area contributed by atoms with E-state index in [2.05, 4.69) is 25.5 Å². The third-order valence-corrected chi connectivity index (χ3v) is 7.20. The van der Waals surface area contributed by atoms with Gasteiger partial charge in [-0.05, 0) is 53.4 Å². The molecule has 0 spiro atoms. The van der Waals surface area contributed by atoms with E-state index in [-0.39, 0.29) is 29.4 Å². The number of aliphatic hydroxyl groups is 1. The third kappa shape index (κ3) is 6.02. The van der Waals surface area contributed by atoms with Gasteiger partial charge in [0.05, 0.1) is 17.5 Å². The van der Waals surface area contributed by atoms with Crippen LogP contribution in [0.1, 0.15) is 28.2 Å². The van der Waals surface area contributed by atoms with E-state index in [0.717, 1.165) is 22.4 Å². The molecular weight excluding hydrogens is 582 g/mol. The number of nitrogens with zero attached hydrogens (tertiary/aromatic N) is 5. The van der Waals surface area contributed by atoms with Gasteiger partial charge in [0.1, 0.15) is 11.5 Å². The Morgan fingerprint density at radius 3 is 2.57 bits per heavy atom. The highest BCUT2D eigenvalue weighted by Crippen LogP contribution is 2.32. The van der Waals surface area contributed by atoms with Crippen LogP contribution in [0.3, 0.4) is 0 Å². The molecule has 14 heteroatoms. The number of likely N-dealkylation sites (tertiary alicyclic amines) is 1. The van der Waals surface area contributed by atoms with E-state index in [9.17, 15) is 23.1 Å². The molecule has 6 rings (SSSR count). The summed E-state index contributed by atoms with van der Waals surface area (Å²) in [7, 11) is 0. The molecule has 1 aliphatic heterocycles. The molecule has 0 radical (unpaired) electrons. The van der Waals surface area contributed by atoms with Gasteiger partial charge in [0.2, 0.25) is 5.89 Å². The maximum absolute atomic E-state index is 15.4. The highest BCUT2D eigenvalue weighted by molar-refractivity contribution is 6.03. The van der Waals surface area contributed by atoms with Crippen molar-refractivity contribution in [1.29, 1.82) is 0 Å². The minimum Gasteiger partial charge on any atom is -0.404 e. The average molecular weight is 608 g/mol. The van der Waals surface area contributed by atoms with Crippen LogP contribution in [0.25, 0.3) is 28.3 Å². The van der Waals surface area contributed by atoms with Gasteiger partial charge in [-0.15, -0.1) is 5.10 Å². The Morgan fingerprint density at radius 1 is 1.05 bits per heavy atom. The number of nitrogens with two attached hydrogens (primary N) is 1. The van der Waals surface area contributed by atoms with Gasteiger partial charge in [-0.25, -0.2) is 9.07 Å². The van der Waals surface area contributed by atoms with Crippen LogP contribution in [0.4, 0.5) is 29.3 Å². The molecular formula is C30H25F4N7O3. The van der Waals surface area contributed by atoms with Crippen molar-refractivity contribution in [2.75, 3.05) is 24.1 Å². The van der Waals surface area contributed by atoms with Crippen molar-refractivity contribution in [2.24, 2.45) is 0 Å². The highest BCUT2D eigenvalue weighted by Gasteiger charge is 2.36. The second kappa shape index (κ2) is 11.5. The highest BCUT2D eigenvalue weighted by atomic mass is 19.4. The first-order valence-corrected chi connectivity index (χ1v) is 13.5. The largest absolute Gasteiger partial charge is 0.435 e. The van der Waals surface area contributed by atoms with Gasteiger partial charge < -0.3 is 20.6 Å². The molecule has 1 fully saturated rings. The predicted molar refractivity (Wildman–Crippen MR) is 152 cm³/mol. The lowest BCUT2D eigenvalue weighted by Gasteiger charge is -2.18. The molecule has 1 aliphatic rings. The number of anilines is 2. The zero-order valence-corrected chi connectivity index (χ0v) is 22.9. The van der Waals surface area contributed by atoms with Crippen molar-refractivity contribution >= 4 is 17.6 Å². The normalized spacial score (nSPS) is 15.5.